The zero-order chi connectivity index (χ0) is 11.3. The van der Waals surface area contributed by atoms with Crippen molar-refractivity contribution in [3.05, 3.63) is 0 Å². The van der Waals surface area contributed by atoms with Gasteiger partial charge in [0.1, 0.15) is 0 Å². The molecule has 3 nitrogen and oxygen atoms in total. The van der Waals surface area contributed by atoms with Gasteiger partial charge in [-0.2, -0.15) is 0 Å². The smallest absolute Gasteiger partial charge is 0.237 e. The monoisotopic (exact) mass is 212 g/mol. The summed E-state index contributed by atoms with van der Waals surface area (Å²) in [5, 5.41) is 3.07. The Kier molecular flexibility index (Phi) is 5.09. The topological polar surface area (TPSA) is 55.1 Å². The Morgan fingerprint density at radius 1 is 1.40 bits per heavy atom. The fourth-order valence-electron chi connectivity index (χ4n) is 2.13. The zero-order valence-electron chi connectivity index (χ0n) is 9.96. The summed E-state index contributed by atoms with van der Waals surface area (Å²) in [4.78, 5) is 11.6. The summed E-state index contributed by atoms with van der Waals surface area (Å²) in [7, 11) is 0. The standard InChI is InChI=1S/C12H24N2O/c1-3-11(13)12(15)14-10-6-4-5-9(2)7-8-10/h9-11H,3-8,13H2,1-2H3,(H,14,15)/t9?,10?,11-/m1/s1. The van der Waals surface area contributed by atoms with Gasteiger partial charge in [-0.25, -0.2) is 0 Å². The van der Waals surface area contributed by atoms with Crippen LogP contribution in [0.1, 0.15) is 52.4 Å². The van der Waals surface area contributed by atoms with Crippen LogP contribution in [0.15, 0.2) is 0 Å². The minimum absolute atomic E-state index is 0.0250. The lowest BCUT2D eigenvalue weighted by Gasteiger charge is -2.18. The molecule has 0 aromatic heterocycles. The van der Waals surface area contributed by atoms with Gasteiger partial charge in [-0.3, -0.25) is 4.79 Å². The Balaban J connectivity index is 2.34. The van der Waals surface area contributed by atoms with Crippen LogP contribution in [-0.2, 0) is 4.79 Å². The average molecular weight is 212 g/mol. The molecule has 0 bridgehead atoms. The number of amides is 1. The van der Waals surface area contributed by atoms with Crippen molar-refractivity contribution in [1.29, 1.82) is 0 Å². The summed E-state index contributed by atoms with van der Waals surface area (Å²) in [6.07, 6.45) is 6.71. The normalized spacial score (nSPS) is 29.3. The van der Waals surface area contributed by atoms with Crippen LogP contribution in [0.25, 0.3) is 0 Å². The van der Waals surface area contributed by atoms with Crippen molar-refractivity contribution in [2.24, 2.45) is 11.7 Å². The summed E-state index contributed by atoms with van der Waals surface area (Å²) >= 11 is 0. The molecule has 0 aromatic rings. The van der Waals surface area contributed by atoms with Crippen molar-refractivity contribution in [3.63, 3.8) is 0 Å². The quantitative estimate of drug-likeness (QED) is 0.701. The lowest BCUT2D eigenvalue weighted by molar-refractivity contribution is -0.123. The van der Waals surface area contributed by atoms with Gasteiger partial charge in [-0.1, -0.05) is 26.7 Å². The van der Waals surface area contributed by atoms with E-state index in [4.69, 9.17) is 5.73 Å². The molecule has 1 aliphatic carbocycles. The maximum Gasteiger partial charge on any atom is 0.237 e. The van der Waals surface area contributed by atoms with Gasteiger partial charge < -0.3 is 11.1 Å². The first-order valence-corrected chi connectivity index (χ1v) is 6.19. The lowest BCUT2D eigenvalue weighted by atomic mass is 10.0. The van der Waals surface area contributed by atoms with Crippen molar-refractivity contribution in [2.75, 3.05) is 0 Å². The highest BCUT2D eigenvalue weighted by atomic mass is 16.2. The molecule has 15 heavy (non-hydrogen) atoms. The summed E-state index contributed by atoms with van der Waals surface area (Å²) < 4.78 is 0. The van der Waals surface area contributed by atoms with Gasteiger partial charge in [0.05, 0.1) is 6.04 Å². The lowest BCUT2D eigenvalue weighted by Crippen LogP contribution is -2.44. The van der Waals surface area contributed by atoms with Crippen molar-refractivity contribution in [2.45, 2.75) is 64.5 Å². The van der Waals surface area contributed by atoms with Gasteiger partial charge >= 0.3 is 0 Å². The molecule has 0 aliphatic heterocycles. The summed E-state index contributed by atoms with van der Waals surface area (Å²) in [6, 6.07) is 0.0331. The summed E-state index contributed by atoms with van der Waals surface area (Å²) in [6.45, 7) is 4.24. The number of hydrogen-bond donors (Lipinski definition) is 2. The molecule has 0 radical (unpaired) electrons. The zero-order valence-corrected chi connectivity index (χ0v) is 9.96. The second-order valence-corrected chi connectivity index (χ2v) is 4.83. The predicted molar refractivity (Wildman–Crippen MR) is 62.4 cm³/mol. The fraction of sp³-hybridized carbons (Fsp3) is 0.917. The third-order valence-corrected chi connectivity index (χ3v) is 3.38. The van der Waals surface area contributed by atoms with Crippen LogP contribution in [-0.4, -0.2) is 18.0 Å². The van der Waals surface area contributed by atoms with Crippen LogP contribution < -0.4 is 11.1 Å². The van der Waals surface area contributed by atoms with Gasteiger partial charge in [0.15, 0.2) is 0 Å². The van der Waals surface area contributed by atoms with E-state index in [1.54, 1.807) is 0 Å². The van der Waals surface area contributed by atoms with Crippen LogP contribution in [0.2, 0.25) is 0 Å². The number of nitrogens with one attached hydrogen (secondary N) is 1. The number of rotatable bonds is 3. The van der Waals surface area contributed by atoms with Crippen molar-refractivity contribution < 1.29 is 4.79 Å². The van der Waals surface area contributed by atoms with Crippen LogP contribution in [0.5, 0.6) is 0 Å². The first-order valence-electron chi connectivity index (χ1n) is 6.19. The molecule has 88 valence electrons. The van der Waals surface area contributed by atoms with Gasteiger partial charge in [-0.05, 0) is 31.6 Å². The first kappa shape index (κ1) is 12.5. The maximum absolute atomic E-state index is 11.6. The van der Waals surface area contributed by atoms with Gasteiger partial charge in [0, 0.05) is 6.04 Å². The molecule has 0 spiro atoms. The highest BCUT2D eigenvalue weighted by molar-refractivity contribution is 5.81. The third-order valence-electron chi connectivity index (χ3n) is 3.38. The molecule has 0 saturated heterocycles. The van der Waals surface area contributed by atoms with E-state index < -0.39 is 0 Å². The van der Waals surface area contributed by atoms with Crippen LogP contribution in [0.4, 0.5) is 0 Å². The predicted octanol–water partition coefficient (Wildman–Crippen LogP) is 1.81. The molecule has 3 heteroatoms. The molecule has 3 N–H and O–H groups in total. The molecule has 0 aromatic carbocycles. The Bertz CT molecular complexity index is 206. The van der Waals surface area contributed by atoms with Crippen LogP contribution in [0, 0.1) is 5.92 Å². The minimum atomic E-state index is -0.328. The number of hydrogen-bond acceptors (Lipinski definition) is 2. The summed E-state index contributed by atoms with van der Waals surface area (Å²) in [5.74, 6) is 0.837. The summed E-state index contributed by atoms with van der Waals surface area (Å²) in [5.41, 5.74) is 5.69. The maximum atomic E-state index is 11.6. The second kappa shape index (κ2) is 6.11. The second-order valence-electron chi connectivity index (χ2n) is 4.83. The van der Waals surface area contributed by atoms with Gasteiger partial charge in [0.25, 0.3) is 0 Å². The molecule has 1 aliphatic rings. The molecular weight excluding hydrogens is 188 g/mol. The van der Waals surface area contributed by atoms with Crippen LogP contribution >= 0.6 is 0 Å². The molecule has 0 heterocycles. The third kappa shape index (κ3) is 4.20. The Labute approximate surface area is 92.8 Å². The molecule has 1 amide bonds. The largest absolute Gasteiger partial charge is 0.352 e. The minimum Gasteiger partial charge on any atom is -0.352 e. The number of nitrogens with two attached hydrogens (primary N) is 1. The van der Waals surface area contributed by atoms with Gasteiger partial charge in [-0.15, -0.1) is 0 Å². The number of carbonyl (C=O) groups excluding carboxylic acids is 1. The van der Waals surface area contributed by atoms with Crippen LogP contribution in [0.3, 0.4) is 0 Å². The Morgan fingerprint density at radius 3 is 2.80 bits per heavy atom. The average Bonchev–Trinajstić information content (AvgIpc) is 2.42. The fourth-order valence-corrected chi connectivity index (χ4v) is 2.13. The first-order chi connectivity index (χ1) is 7.13. The van der Waals surface area contributed by atoms with E-state index in [1.807, 2.05) is 6.92 Å². The highest BCUT2D eigenvalue weighted by Gasteiger charge is 2.19. The molecule has 1 rings (SSSR count). The Hall–Kier alpha value is -0.570. The van der Waals surface area contributed by atoms with E-state index in [9.17, 15) is 4.79 Å². The molecular formula is C12H24N2O. The van der Waals surface area contributed by atoms with E-state index in [0.29, 0.717) is 6.04 Å². The van der Waals surface area contributed by atoms with Gasteiger partial charge in [0.2, 0.25) is 5.91 Å². The molecule has 1 saturated carbocycles. The van der Waals surface area contributed by atoms with E-state index in [-0.39, 0.29) is 11.9 Å². The van der Waals surface area contributed by atoms with E-state index in [1.165, 1.54) is 19.3 Å². The van der Waals surface area contributed by atoms with Crippen molar-refractivity contribution in [3.8, 4) is 0 Å². The molecule has 2 unspecified atom stereocenters. The van der Waals surface area contributed by atoms with E-state index >= 15 is 0 Å². The van der Waals surface area contributed by atoms with E-state index in [2.05, 4.69) is 12.2 Å². The van der Waals surface area contributed by atoms with E-state index in [0.717, 1.165) is 25.2 Å². The highest BCUT2D eigenvalue weighted by Crippen LogP contribution is 2.22. The SMILES string of the molecule is CC[C@@H](N)C(=O)NC1CCCC(C)CC1. The number of carbonyl (C=O) groups is 1. The molecule has 3 atom stereocenters. The van der Waals surface area contributed by atoms with Crippen molar-refractivity contribution >= 4 is 5.91 Å². The van der Waals surface area contributed by atoms with Crippen molar-refractivity contribution in [1.82, 2.24) is 5.32 Å². The Morgan fingerprint density at radius 2 is 2.13 bits per heavy atom. The molecule has 1 fully saturated rings.